The Hall–Kier alpha value is -3.34. The van der Waals surface area contributed by atoms with Crippen LogP contribution in [0.15, 0.2) is 72.8 Å². The zero-order chi connectivity index (χ0) is 19.8. The van der Waals surface area contributed by atoms with E-state index < -0.39 is 12.1 Å². The lowest BCUT2D eigenvalue weighted by molar-refractivity contribution is -0.150. The number of hydrogen-bond donors (Lipinski definition) is 0. The van der Waals surface area contributed by atoms with Gasteiger partial charge in [0.15, 0.2) is 6.10 Å². The summed E-state index contributed by atoms with van der Waals surface area (Å²) in [5, 5.41) is 1.90. The Balaban J connectivity index is 1.62. The van der Waals surface area contributed by atoms with Crippen molar-refractivity contribution in [2.75, 3.05) is 7.11 Å². The van der Waals surface area contributed by atoms with Crippen LogP contribution in [0, 0.1) is 0 Å². The second-order valence-corrected chi connectivity index (χ2v) is 6.29. The molecule has 0 N–H and O–H groups in total. The monoisotopic (exact) mass is 378 g/mol. The molecule has 0 saturated carbocycles. The van der Waals surface area contributed by atoms with Gasteiger partial charge in [-0.25, -0.2) is 4.79 Å². The first-order valence-corrected chi connectivity index (χ1v) is 9.09. The van der Waals surface area contributed by atoms with Crippen LogP contribution in [0.1, 0.15) is 18.4 Å². The molecule has 0 aromatic heterocycles. The van der Waals surface area contributed by atoms with Crippen molar-refractivity contribution in [1.82, 2.24) is 0 Å². The molecule has 0 aliphatic rings. The minimum absolute atomic E-state index is 0.0529. The average molecular weight is 378 g/mol. The second-order valence-electron chi connectivity index (χ2n) is 6.29. The number of fused-ring (bicyclic) bond motifs is 1. The van der Waals surface area contributed by atoms with Crippen LogP contribution in [-0.4, -0.2) is 25.2 Å². The van der Waals surface area contributed by atoms with Gasteiger partial charge in [-0.2, -0.15) is 0 Å². The van der Waals surface area contributed by atoms with Gasteiger partial charge in [0, 0.05) is 18.2 Å². The Morgan fingerprint density at radius 3 is 2.39 bits per heavy atom. The number of carbonyl (C=O) groups excluding carboxylic acids is 2. The van der Waals surface area contributed by atoms with Gasteiger partial charge < -0.3 is 14.2 Å². The van der Waals surface area contributed by atoms with E-state index in [2.05, 4.69) is 0 Å². The summed E-state index contributed by atoms with van der Waals surface area (Å²) >= 11 is 0. The van der Waals surface area contributed by atoms with Crippen molar-refractivity contribution < 1.29 is 23.8 Å². The largest absolute Gasteiger partial charge is 0.478 e. The van der Waals surface area contributed by atoms with Crippen molar-refractivity contribution in [3.63, 3.8) is 0 Å². The van der Waals surface area contributed by atoms with Crippen LogP contribution in [0.3, 0.4) is 0 Å². The van der Waals surface area contributed by atoms with Crippen LogP contribution >= 0.6 is 0 Å². The standard InChI is InChI=1S/C23H22O5/c1-26-23(25)21(14-15-22(24)27-16-17-8-3-2-4-9-17)28-20-13-7-11-18-10-5-6-12-19(18)20/h2-13,21H,14-16H2,1H3/t21-/m0/s1. The van der Waals surface area contributed by atoms with Crippen molar-refractivity contribution in [3.8, 4) is 5.75 Å². The number of ether oxygens (including phenoxy) is 3. The molecular weight excluding hydrogens is 356 g/mol. The predicted molar refractivity (Wildman–Crippen MR) is 106 cm³/mol. The smallest absolute Gasteiger partial charge is 0.347 e. The highest BCUT2D eigenvalue weighted by molar-refractivity contribution is 5.88. The lowest BCUT2D eigenvalue weighted by Gasteiger charge is -2.18. The molecule has 0 heterocycles. The molecule has 5 nitrogen and oxygen atoms in total. The molecule has 0 amide bonds. The minimum atomic E-state index is -0.889. The molecule has 5 heteroatoms. The number of hydrogen-bond acceptors (Lipinski definition) is 5. The molecule has 0 aliphatic heterocycles. The molecule has 1 atom stereocenters. The Morgan fingerprint density at radius 2 is 1.61 bits per heavy atom. The minimum Gasteiger partial charge on any atom is -0.478 e. The van der Waals surface area contributed by atoms with E-state index in [1.807, 2.05) is 66.7 Å². The van der Waals surface area contributed by atoms with Crippen LogP contribution in [0.25, 0.3) is 10.8 Å². The summed E-state index contributed by atoms with van der Waals surface area (Å²) in [6.45, 7) is 0.201. The quantitative estimate of drug-likeness (QED) is 0.548. The molecular formula is C23H22O5. The average Bonchev–Trinajstić information content (AvgIpc) is 2.75. The van der Waals surface area contributed by atoms with Crippen molar-refractivity contribution in [2.45, 2.75) is 25.6 Å². The summed E-state index contributed by atoms with van der Waals surface area (Å²) in [5.41, 5.74) is 0.910. The Labute approximate surface area is 163 Å². The van der Waals surface area contributed by atoms with Crippen molar-refractivity contribution >= 4 is 22.7 Å². The van der Waals surface area contributed by atoms with Gasteiger partial charge in [-0.05, 0) is 17.0 Å². The zero-order valence-electron chi connectivity index (χ0n) is 15.7. The number of esters is 2. The maximum Gasteiger partial charge on any atom is 0.347 e. The SMILES string of the molecule is COC(=O)[C@H](CCC(=O)OCc1ccccc1)Oc1cccc2ccccc12. The second kappa shape index (κ2) is 9.55. The summed E-state index contributed by atoms with van der Waals surface area (Å²) in [6.07, 6.45) is -0.666. The van der Waals surface area contributed by atoms with Gasteiger partial charge >= 0.3 is 11.9 Å². The number of carbonyl (C=O) groups is 2. The number of benzene rings is 3. The molecule has 0 radical (unpaired) electrons. The summed E-state index contributed by atoms with van der Waals surface area (Å²) < 4.78 is 16.0. The third kappa shape index (κ3) is 5.10. The molecule has 0 bridgehead atoms. The fraction of sp³-hybridized carbons (Fsp3) is 0.217. The first kappa shape index (κ1) is 19.4. The topological polar surface area (TPSA) is 61.8 Å². The van der Waals surface area contributed by atoms with Crippen LogP contribution in [0.5, 0.6) is 5.75 Å². The molecule has 144 valence electrons. The fourth-order valence-electron chi connectivity index (χ4n) is 2.87. The summed E-state index contributed by atoms with van der Waals surface area (Å²) in [5.74, 6) is -0.339. The van der Waals surface area contributed by atoms with E-state index in [9.17, 15) is 9.59 Å². The van der Waals surface area contributed by atoms with Gasteiger partial charge in [0.1, 0.15) is 12.4 Å². The molecule has 28 heavy (non-hydrogen) atoms. The highest BCUT2D eigenvalue weighted by Gasteiger charge is 2.23. The third-order valence-corrected chi connectivity index (χ3v) is 4.34. The summed E-state index contributed by atoms with van der Waals surface area (Å²) in [4.78, 5) is 24.2. The molecule has 3 aromatic carbocycles. The Kier molecular flexibility index (Phi) is 6.63. The maximum absolute atomic E-state index is 12.1. The Bertz CT molecular complexity index is 931. The van der Waals surface area contributed by atoms with E-state index >= 15 is 0 Å². The Morgan fingerprint density at radius 1 is 0.893 bits per heavy atom. The molecule has 3 rings (SSSR count). The first-order chi connectivity index (χ1) is 13.7. The van der Waals surface area contributed by atoms with Gasteiger partial charge in [-0.1, -0.05) is 66.7 Å². The molecule has 0 unspecified atom stereocenters. The first-order valence-electron chi connectivity index (χ1n) is 9.09. The van der Waals surface area contributed by atoms with Gasteiger partial charge in [0.2, 0.25) is 0 Å². The van der Waals surface area contributed by atoms with E-state index in [0.717, 1.165) is 16.3 Å². The molecule has 3 aromatic rings. The fourth-order valence-corrected chi connectivity index (χ4v) is 2.87. The highest BCUT2D eigenvalue weighted by Crippen LogP contribution is 2.27. The van der Waals surface area contributed by atoms with Crippen LogP contribution < -0.4 is 4.74 Å². The van der Waals surface area contributed by atoms with Gasteiger partial charge in [0.05, 0.1) is 7.11 Å². The van der Waals surface area contributed by atoms with Gasteiger partial charge in [-0.15, -0.1) is 0 Å². The van der Waals surface area contributed by atoms with E-state index in [4.69, 9.17) is 14.2 Å². The normalized spacial score (nSPS) is 11.6. The van der Waals surface area contributed by atoms with Crippen molar-refractivity contribution in [3.05, 3.63) is 78.4 Å². The molecule has 0 aliphatic carbocycles. The lowest BCUT2D eigenvalue weighted by atomic mass is 10.1. The van der Waals surface area contributed by atoms with Crippen LogP contribution in [-0.2, 0) is 25.7 Å². The summed E-state index contributed by atoms with van der Waals surface area (Å²) in [6, 6.07) is 22.8. The van der Waals surface area contributed by atoms with Crippen LogP contribution in [0.2, 0.25) is 0 Å². The van der Waals surface area contributed by atoms with E-state index in [-0.39, 0.29) is 25.4 Å². The van der Waals surface area contributed by atoms with E-state index in [1.165, 1.54) is 7.11 Å². The highest BCUT2D eigenvalue weighted by atomic mass is 16.6. The van der Waals surface area contributed by atoms with Crippen molar-refractivity contribution in [2.24, 2.45) is 0 Å². The molecule has 0 saturated heterocycles. The number of methoxy groups -OCH3 is 1. The van der Waals surface area contributed by atoms with Crippen molar-refractivity contribution in [1.29, 1.82) is 0 Å². The molecule has 0 fully saturated rings. The van der Waals surface area contributed by atoms with Gasteiger partial charge in [-0.3, -0.25) is 4.79 Å². The van der Waals surface area contributed by atoms with Gasteiger partial charge in [0.25, 0.3) is 0 Å². The third-order valence-electron chi connectivity index (χ3n) is 4.34. The van der Waals surface area contributed by atoms with E-state index in [1.54, 1.807) is 6.07 Å². The maximum atomic E-state index is 12.1. The summed E-state index contributed by atoms with van der Waals surface area (Å²) in [7, 11) is 1.30. The zero-order valence-corrected chi connectivity index (χ0v) is 15.7. The van der Waals surface area contributed by atoms with Crippen LogP contribution in [0.4, 0.5) is 0 Å². The predicted octanol–water partition coefficient (Wildman–Crippen LogP) is 4.28. The molecule has 0 spiro atoms. The lowest BCUT2D eigenvalue weighted by Crippen LogP contribution is -2.29. The number of rotatable bonds is 8. The van der Waals surface area contributed by atoms with E-state index in [0.29, 0.717) is 5.75 Å².